The number of ether oxygens (including phenoxy) is 2. The molecule has 6 heteroatoms. The van der Waals surface area contributed by atoms with Crippen molar-refractivity contribution in [1.29, 1.82) is 0 Å². The second-order valence-electron chi connectivity index (χ2n) is 4.67. The standard InChI is InChI=1S/C13H16N2O4/c16-13(15-19-7-9-3-4-14-6-9)10-1-2-11-12(5-10)18-8-17-11/h1-2,5,9,14H,3-4,6-8H2,(H,15,16). The summed E-state index contributed by atoms with van der Waals surface area (Å²) in [4.78, 5) is 17.1. The molecular weight excluding hydrogens is 248 g/mol. The molecule has 2 N–H and O–H groups in total. The Balaban J connectivity index is 1.52. The average molecular weight is 264 g/mol. The Kier molecular flexibility index (Phi) is 3.52. The van der Waals surface area contributed by atoms with Crippen molar-refractivity contribution in [2.24, 2.45) is 5.92 Å². The fraction of sp³-hybridized carbons (Fsp3) is 0.462. The molecule has 102 valence electrons. The highest BCUT2D eigenvalue weighted by Crippen LogP contribution is 2.32. The van der Waals surface area contributed by atoms with Gasteiger partial charge in [0.15, 0.2) is 11.5 Å². The lowest BCUT2D eigenvalue weighted by Crippen LogP contribution is -2.27. The number of nitrogens with one attached hydrogen (secondary N) is 2. The molecule has 2 heterocycles. The molecule has 0 radical (unpaired) electrons. The Morgan fingerprint density at radius 3 is 3.16 bits per heavy atom. The molecule has 1 fully saturated rings. The molecule has 1 saturated heterocycles. The van der Waals surface area contributed by atoms with Crippen molar-refractivity contribution in [3.63, 3.8) is 0 Å². The molecular formula is C13H16N2O4. The highest BCUT2D eigenvalue weighted by Gasteiger charge is 2.17. The molecule has 0 saturated carbocycles. The lowest BCUT2D eigenvalue weighted by atomic mass is 10.1. The van der Waals surface area contributed by atoms with Gasteiger partial charge in [0.05, 0.1) is 6.61 Å². The number of hydrogen-bond donors (Lipinski definition) is 2. The van der Waals surface area contributed by atoms with Crippen LogP contribution in [0.2, 0.25) is 0 Å². The molecule has 0 spiro atoms. The molecule has 2 aliphatic rings. The maximum Gasteiger partial charge on any atom is 0.274 e. The second kappa shape index (κ2) is 5.46. The minimum Gasteiger partial charge on any atom is -0.454 e. The smallest absolute Gasteiger partial charge is 0.274 e. The predicted molar refractivity (Wildman–Crippen MR) is 67.0 cm³/mol. The Morgan fingerprint density at radius 1 is 1.42 bits per heavy atom. The second-order valence-corrected chi connectivity index (χ2v) is 4.67. The molecule has 1 aromatic carbocycles. The van der Waals surface area contributed by atoms with E-state index in [0.29, 0.717) is 29.6 Å². The zero-order valence-corrected chi connectivity index (χ0v) is 10.5. The SMILES string of the molecule is O=C(NOCC1CCNC1)c1ccc2c(c1)OCO2. The third-order valence-corrected chi connectivity index (χ3v) is 3.28. The van der Waals surface area contributed by atoms with E-state index in [1.54, 1.807) is 18.2 Å². The number of hydroxylamine groups is 1. The van der Waals surface area contributed by atoms with Gasteiger partial charge in [-0.15, -0.1) is 0 Å². The number of carbonyl (C=O) groups excluding carboxylic acids is 1. The maximum atomic E-state index is 11.9. The van der Waals surface area contributed by atoms with Crippen molar-refractivity contribution < 1.29 is 19.1 Å². The van der Waals surface area contributed by atoms with Crippen LogP contribution in [0.3, 0.4) is 0 Å². The molecule has 0 aromatic heterocycles. The van der Waals surface area contributed by atoms with E-state index in [1.165, 1.54) is 0 Å². The van der Waals surface area contributed by atoms with Gasteiger partial charge in [0.2, 0.25) is 6.79 Å². The van der Waals surface area contributed by atoms with Crippen LogP contribution >= 0.6 is 0 Å². The first-order valence-corrected chi connectivity index (χ1v) is 6.35. The van der Waals surface area contributed by atoms with Crippen molar-refractivity contribution in [2.45, 2.75) is 6.42 Å². The fourth-order valence-electron chi connectivity index (χ4n) is 2.18. The average Bonchev–Trinajstić information content (AvgIpc) is 3.08. The summed E-state index contributed by atoms with van der Waals surface area (Å²) >= 11 is 0. The van der Waals surface area contributed by atoms with Crippen LogP contribution in [0.25, 0.3) is 0 Å². The van der Waals surface area contributed by atoms with Crippen LogP contribution in [0.5, 0.6) is 11.5 Å². The zero-order chi connectivity index (χ0) is 13.1. The summed E-state index contributed by atoms with van der Waals surface area (Å²) in [6, 6.07) is 5.06. The molecule has 1 amide bonds. The van der Waals surface area contributed by atoms with E-state index >= 15 is 0 Å². The number of benzene rings is 1. The first-order chi connectivity index (χ1) is 9.33. The van der Waals surface area contributed by atoms with Crippen LogP contribution in [0.1, 0.15) is 16.8 Å². The first kappa shape index (κ1) is 12.3. The first-order valence-electron chi connectivity index (χ1n) is 6.35. The van der Waals surface area contributed by atoms with E-state index in [0.717, 1.165) is 19.5 Å². The van der Waals surface area contributed by atoms with Gasteiger partial charge >= 0.3 is 0 Å². The van der Waals surface area contributed by atoms with E-state index in [9.17, 15) is 4.79 Å². The van der Waals surface area contributed by atoms with Crippen LogP contribution in [-0.4, -0.2) is 32.4 Å². The lowest BCUT2D eigenvalue weighted by molar-refractivity contribution is 0.0188. The molecule has 1 aromatic rings. The predicted octanol–water partition coefficient (Wildman–Crippen LogP) is 0.686. The monoisotopic (exact) mass is 264 g/mol. The molecule has 0 bridgehead atoms. The summed E-state index contributed by atoms with van der Waals surface area (Å²) in [6.07, 6.45) is 1.08. The van der Waals surface area contributed by atoms with Crippen LogP contribution in [0.15, 0.2) is 18.2 Å². The Bertz CT molecular complexity index is 472. The van der Waals surface area contributed by atoms with Gasteiger partial charge < -0.3 is 14.8 Å². The van der Waals surface area contributed by atoms with E-state index in [2.05, 4.69) is 10.8 Å². The summed E-state index contributed by atoms with van der Waals surface area (Å²) in [5, 5.41) is 3.25. The largest absolute Gasteiger partial charge is 0.454 e. The molecule has 2 aliphatic heterocycles. The van der Waals surface area contributed by atoms with Crippen molar-refractivity contribution in [2.75, 3.05) is 26.5 Å². The van der Waals surface area contributed by atoms with E-state index in [1.807, 2.05) is 0 Å². The number of rotatable bonds is 4. The molecule has 1 unspecified atom stereocenters. The molecule has 6 nitrogen and oxygen atoms in total. The van der Waals surface area contributed by atoms with E-state index in [-0.39, 0.29) is 12.7 Å². The molecule has 19 heavy (non-hydrogen) atoms. The Morgan fingerprint density at radius 2 is 2.32 bits per heavy atom. The lowest BCUT2D eigenvalue weighted by Gasteiger charge is -2.10. The summed E-state index contributed by atoms with van der Waals surface area (Å²) in [5.74, 6) is 1.45. The maximum absolute atomic E-state index is 11.9. The van der Waals surface area contributed by atoms with Crippen molar-refractivity contribution in [3.8, 4) is 11.5 Å². The van der Waals surface area contributed by atoms with Gasteiger partial charge in [-0.05, 0) is 37.1 Å². The van der Waals surface area contributed by atoms with Crippen molar-refractivity contribution in [3.05, 3.63) is 23.8 Å². The van der Waals surface area contributed by atoms with Crippen LogP contribution < -0.4 is 20.3 Å². The summed E-state index contributed by atoms with van der Waals surface area (Å²) < 4.78 is 10.4. The summed E-state index contributed by atoms with van der Waals surface area (Å²) in [7, 11) is 0. The summed E-state index contributed by atoms with van der Waals surface area (Å²) in [6.45, 7) is 2.69. The zero-order valence-electron chi connectivity index (χ0n) is 10.5. The normalized spacial score (nSPS) is 20.5. The van der Waals surface area contributed by atoms with Crippen molar-refractivity contribution >= 4 is 5.91 Å². The summed E-state index contributed by atoms with van der Waals surface area (Å²) in [5.41, 5.74) is 2.95. The van der Waals surface area contributed by atoms with Gasteiger partial charge in [-0.25, -0.2) is 5.48 Å². The molecule has 0 aliphatic carbocycles. The quantitative estimate of drug-likeness (QED) is 0.783. The number of hydrogen-bond acceptors (Lipinski definition) is 5. The van der Waals surface area contributed by atoms with Gasteiger partial charge in [-0.1, -0.05) is 0 Å². The Labute approximate surface area is 111 Å². The number of carbonyl (C=O) groups is 1. The van der Waals surface area contributed by atoms with Crippen LogP contribution in [0, 0.1) is 5.92 Å². The van der Waals surface area contributed by atoms with Gasteiger partial charge in [-0.2, -0.15) is 0 Å². The third kappa shape index (κ3) is 2.80. The van der Waals surface area contributed by atoms with E-state index in [4.69, 9.17) is 14.3 Å². The number of amides is 1. The molecule has 1 atom stereocenters. The number of fused-ring (bicyclic) bond motifs is 1. The van der Waals surface area contributed by atoms with Crippen LogP contribution in [-0.2, 0) is 4.84 Å². The van der Waals surface area contributed by atoms with Gasteiger partial charge in [0.25, 0.3) is 5.91 Å². The van der Waals surface area contributed by atoms with Crippen LogP contribution in [0.4, 0.5) is 0 Å². The third-order valence-electron chi connectivity index (χ3n) is 3.28. The highest BCUT2D eigenvalue weighted by molar-refractivity contribution is 5.94. The van der Waals surface area contributed by atoms with Gasteiger partial charge in [0, 0.05) is 12.1 Å². The Hall–Kier alpha value is -1.79. The highest BCUT2D eigenvalue weighted by atomic mass is 16.7. The van der Waals surface area contributed by atoms with Gasteiger partial charge in [0.1, 0.15) is 0 Å². The van der Waals surface area contributed by atoms with Gasteiger partial charge in [-0.3, -0.25) is 9.63 Å². The van der Waals surface area contributed by atoms with E-state index < -0.39 is 0 Å². The fourth-order valence-corrected chi connectivity index (χ4v) is 2.18. The minimum atomic E-state index is -0.274. The topological polar surface area (TPSA) is 68.8 Å². The minimum absolute atomic E-state index is 0.200. The van der Waals surface area contributed by atoms with Crippen molar-refractivity contribution in [1.82, 2.24) is 10.8 Å². The molecule has 3 rings (SSSR count).